The molecule has 1 aliphatic rings. The summed E-state index contributed by atoms with van der Waals surface area (Å²) in [6.07, 6.45) is 1.36. The van der Waals surface area contributed by atoms with Crippen LogP contribution >= 0.6 is 0 Å². The Hall–Kier alpha value is -2.91. The number of rotatable bonds is 16. The van der Waals surface area contributed by atoms with E-state index in [1.54, 1.807) is 0 Å². The van der Waals surface area contributed by atoms with E-state index in [0.29, 0.717) is 19.3 Å². The number of amides is 4. The van der Waals surface area contributed by atoms with Crippen molar-refractivity contribution in [1.29, 1.82) is 0 Å². The van der Waals surface area contributed by atoms with Crippen LogP contribution in [0.1, 0.15) is 86.0 Å². The summed E-state index contributed by atoms with van der Waals surface area (Å²) in [6.45, 7) is 9.08. The third kappa shape index (κ3) is 11.2. The Kier molecular flexibility index (Phi) is 12.6. The Morgan fingerprint density at radius 2 is 1.39 bits per heavy atom. The molecule has 1 rings (SSSR count). The maximum Gasteiger partial charge on any atom is 0.233 e. The second-order valence-corrected chi connectivity index (χ2v) is 10.7. The van der Waals surface area contributed by atoms with E-state index in [0.717, 1.165) is 0 Å². The summed E-state index contributed by atoms with van der Waals surface area (Å²) in [4.78, 5) is 85.0. The van der Waals surface area contributed by atoms with Crippen LogP contribution in [0.2, 0.25) is 0 Å². The monoisotopic (exact) mass is 507 g/mol. The van der Waals surface area contributed by atoms with Crippen LogP contribution < -0.4 is 10.6 Å². The summed E-state index contributed by atoms with van der Waals surface area (Å²) >= 11 is 0. The number of hydrogen-bond acceptors (Lipinski definition) is 7. The highest BCUT2D eigenvalue weighted by Gasteiger charge is 2.39. The molecule has 1 unspecified atom stereocenters. The molecular formula is C26H41N3O7. The molecule has 1 saturated heterocycles. The van der Waals surface area contributed by atoms with Gasteiger partial charge in [-0.05, 0) is 18.8 Å². The van der Waals surface area contributed by atoms with Gasteiger partial charge in [-0.15, -0.1) is 0 Å². The van der Waals surface area contributed by atoms with Crippen LogP contribution in [-0.2, 0) is 33.6 Å². The second kappa shape index (κ2) is 14.6. The Labute approximate surface area is 213 Å². The highest BCUT2D eigenvalue weighted by atomic mass is 16.2. The van der Waals surface area contributed by atoms with Gasteiger partial charge in [0.1, 0.15) is 5.78 Å². The van der Waals surface area contributed by atoms with Gasteiger partial charge in [0.25, 0.3) is 0 Å². The minimum Gasteiger partial charge on any atom is -0.349 e. The van der Waals surface area contributed by atoms with Crippen molar-refractivity contribution in [2.24, 2.45) is 17.3 Å². The van der Waals surface area contributed by atoms with Gasteiger partial charge in [-0.2, -0.15) is 0 Å². The van der Waals surface area contributed by atoms with Gasteiger partial charge in [0, 0.05) is 56.4 Å². The van der Waals surface area contributed by atoms with E-state index in [4.69, 9.17) is 0 Å². The Balaban J connectivity index is 2.16. The number of Topliss-reactive ketones (excluding diaryl/α,β-unsaturated/α-hetero) is 3. The van der Waals surface area contributed by atoms with Crippen molar-refractivity contribution >= 4 is 41.0 Å². The second-order valence-electron chi connectivity index (χ2n) is 10.7. The highest BCUT2D eigenvalue weighted by molar-refractivity contribution is 6.03. The molecule has 0 spiro atoms. The molecular weight excluding hydrogens is 466 g/mol. The molecule has 0 radical (unpaired) electrons. The van der Waals surface area contributed by atoms with Crippen LogP contribution in [0.25, 0.3) is 0 Å². The molecule has 1 fully saturated rings. The minimum atomic E-state index is -0.437. The zero-order chi connectivity index (χ0) is 27.5. The number of ketones is 3. The number of likely N-dealkylation sites (tertiary alicyclic amines) is 1. The molecule has 0 aliphatic carbocycles. The van der Waals surface area contributed by atoms with Crippen molar-refractivity contribution < 1.29 is 33.6 Å². The lowest BCUT2D eigenvalue weighted by molar-refractivity contribution is -0.140. The largest absolute Gasteiger partial charge is 0.349 e. The minimum absolute atomic E-state index is 0.0701. The van der Waals surface area contributed by atoms with E-state index in [1.807, 2.05) is 34.6 Å². The molecule has 36 heavy (non-hydrogen) atoms. The van der Waals surface area contributed by atoms with Gasteiger partial charge >= 0.3 is 0 Å². The number of carbonyl (C=O) groups excluding carboxylic acids is 7. The molecule has 0 aromatic carbocycles. The van der Waals surface area contributed by atoms with E-state index in [-0.39, 0.29) is 98.6 Å². The SMILES string of the molecule is CC(C)C1CC(=O)N(CCCC(=O)NCC(=O)CCC(=O)NCC(=O)CCCC(=O)C(C)(C)C)C1=O. The summed E-state index contributed by atoms with van der Waals surface area (Å²) in [5, 5.41) is 4.95. The molecule has 1 aliphatic heterocycles. The lowest BCUT2D eigenvalue weighted by atomic mass is 9.88. The smallest absolute Gasteiger partial charge is 0.233 e. The predicted octanol–water partition coefficient (Wildman–Crippen LogP) is 1.73. The zero-order valence-electron chi connectivity index (χ0n) is 22.2. The van der Waals surface area contributed by atoms with Crippen LogP contribution in [0.15, 0.2) is 0 Å². The number of imide groups is 1. The summed E-state index contributed by atoms with van der Waals surface area (Å²) in [6, 6.07) is 0. The summed E-state index contributed by atoms with van der Waals surface area (Å²) < 4.78 is 0. The molecule has 0 saturated carbocycles. The summed E-state index contributed by atoms with van der Waals surface area (Å²) in [5.41, 5.74) is -0.435. The fraction of sp³-hybridized carbons (Fsp3) is 0.731. The fourth-order valence-electron chi connectivity index (χ4n) is 3.68. The predicted molar refractivity (Wildman–Crippen MR) is 132 cm³/mol. The molecule has 0 aromatic rings. The average Bonchev–Trinajstić information content (AvgIpc) is 3.07. The first kappa shape index (κ1) is 31.1. The standard InChI is InChI=1S/C26H41N3O7/c1-17(2)20-14-24(35)29(25(20)36)13-7-10-22(33)27-16-19(31)11-12-23(34)28-15-18(30)8-6-9-21(32)26(3,4)5/h17,20H,6-16H2,1-5H3,(H,27,33)(H,28,34). The third-order valence-electron chi connectivity index (χ3n) is 6.16. The number of hydrogen-bond donors (Lipinski definition) is 2. The number of nitrogens with zero attached hydrogens (tertiary/aromatic N) is 1. The van der Waals surface area contributed by atoms with Gasteiger partial charge in [-0.3, -0.25) is 38.5 Å². The first-order valence-electron chi connectivity index (χ1n) is 12.7. The maximum absolute atomic E-state index is 12.3. The van der Waals surface area contributed by atoms with E-state index in [2.05, 4.69) is 10.6 Å². The van der Waals surface area contributed by atoms with Crippen molar-refractivity contribution in [2.45, 2.75) is 86.0 Å². The van der Waals surface area contributed by atoms with Gasteiger partial charge < -0.3 is 10.6 Å². The van der Waals surface area contributed by atoms with Crippen molar-refractivity contribution in [3.8, 4) is 0 Å². The molecule has 0 aromatic heterocycles. The quantitative estimate of drug-likeness (QED) is 0.302. The zero-order valence-corrected chi connectivity index (χ0v) is 22.2. The average molecular weight is 508 g/mol. The van der Waals surface area contributed by atoms with Crippen LogP contribution in [0.3, 0.4) is 0 Å². The maximum atomic E-state index is 12.3. The Morgan fingerprint density at radius 1 is 0.833 bits per heavy atom. The first-order chi connectivity index (χ1) is 16.7. The third-order valence-corrected chi connectivity index (χ3v) is 6.16. The van der Waals surface area contributed by atoms with Gasteiger partial charge in [0.05, 0.1) is 13.1 Å². The van der Waals surface area contributed by atoms with E-state index < -0.39 is 11.3 Å². The molecule has 10 heteroatoms. The Bertz CT molecular complexity index is 858. The summed E-state index contributed by atoms with van der Waals surface area (Å²) in [7, 11) is 0. The lowest BCUT2D eigenvalue weighted by Gasteiger charge is -2.16. The highest BCUT2D eigenvalue weighted by Crippen LogP contribution is 2.26. The van der Waals surface area contributed by atoms with Crippen molar-refractivity contribution in [3.05, 3.63) is 0 Å². The van der Waals surface area contributed by atoms with Crippen LogP contribution in [-0.4, -0.2) is 65.5 Å². The fourth-order valence-corrected chi connectivity index (χ4v) is 3.68. The topological polar surface area (TPSA) is 147 Å². The molecule has 1 atom stereocenters. The normalized spacial score (nSPS) is 15.8. The molecule has 202 valence electrons. The van der Waals surface area contributed by atoms with Gasteiger partial charge in [-0.25, -0.2) is 0 Å². The molecule has 0 bridgehead atoms. The van der Waals surface area contributed by atoms with Gasteiger partial charge in [0.15, 0.2) is 11.6 Å². The number of carbonyl (C=O) groups is 7. The van der Waals surface area contributed by atoms with E-state index >= 15 is 0 Å². The molecule has 10 nitrogen and oxygen atoms in total. The van der Waals surface area contributed by atoms with Crippen LogP contribution in [0.5, 0.6) is 0 Å². The van der Waals surface area contributed by atoms with E-state index in [9.17, 15) is 33.6 Å². The van der Waals surface area contributed by atoms with Crippen molar-refractivity contribution in [3.63, 3.8) is 0 Å². The molecule has 4 amide bonds. The lowest BCUT2D eigenvalue weighted by Crippen LogP contribution is -2.34. The van der Waals surface area contributed by atoms with Crippen molar-refractivity contribution in [2.75, 3.05) is 19.6 Å². The van der Waals surface area contributed by atoms with Crippen LogP contribution in [0.4, 0.5) is 0 Å². The van der Waals surface area contributed by atoms with Crippen LogP contribution in [0, 0.1) is 17.3 Å². The van der Waals surface area contributed by atoms with Gasteiger partial charge in [0.2, 0.25) is 23.6 Å². The van der Waals surface area contributed by atoms with Gasteiger partial charge in [-0.1, -0.05) is 34.6 Å². The first-order valence-corrected chi connectivity index (χ1v) is 12.7. The molecule has 2 N–H and O–H groups in total. The Morgan fingerprint density at radius 3 is 1.92 bits per heavy atom. The summed E-state index contributed by atoms with van der Waals surface area (Å²) in [5.74, 6) is -1.86. The molecule has 1 heterocycles. The number of nitrogens with one attached hydrogen (secondary N) is 2. The van der Waals surface area contributed by atoms with E-state index in [1.165, 1.54) is 4.90 Å². The van der Waals surface area contributed by atoms with Crippen molar-refractivity contribution in [1.82, 2.24) is 15.5 Å².